The summed E-state index contributed by atoms with van der Waals surface area (Å²) in [7, 11) is 1.46. The van der Waals surface area contributed by atoms with Gasteiger partial charge in [0.25, 0.3) is 5.89 Å². The molecule has 3 rings (SSSR count). The van der Waals surface area contributed by atoms with Crippen molar-refractivity contribution < 1.29 is 14.4 Å². The number of hydrogen-bond acceptors (Lipinski definition) is 8. The number of nitrogens with zero attached hydrogens (tertiary/aromatic N) is 4. The lowest BCUT2D eigenvalue weighted by Crippen LogP contribution is -1.96. The van der Waals surface area contributed by atoms with E-state index in [-0.39, 0.29) is 17.5 Å². The Balaban J connectivity index is 2.01. The lowest BCUT2D eigenvalue weighted by atomic mass is 10.2. The van der Waals surface area contributed by atoms with E-state index in [1.807, 2.05) is 0 Å². The molecule has 2 aromatic heterocycles. The number of phenolic OH excluding ortho intramolecular Hbond substituents is 1. The molecule has 0 radical (unpaired) electrons. The van der Waals surface area contributed by atoms with E-state index in [9.17, 15) is 5.11 Å². The molecular weight excluding hydrogens is 274 g/mol. The van der Waals surface area contributed by atoms with Gasteiger partial charge in [0, 0.05) is 18.0 Å². The molecule has 3 N–H and O–H groups in total. The molecular formula is C13H11N5O3. The highest BCUT2D eigenvalue weighted by atomic mass is 16.5. The Morgan fingerprint density at radius 2 is 2.05 bits per heavy atom. The van der Waals surface area contributed by atoms with E-state index in [0.29, 0.717) is 22.8 Å². The van der Waals surface area contributed by atoms with Crippen LogP contribution in [0.1, 0.15) is 0 Å². The minimum atomic E-state index is 0.0307. The minimum Gasteiger partial charge on any atom is -0.504 e. The van der Waals surface area contributed by atoms with Crippen molar-refractivity contribution in [2.45, 2.75) is 0 Å². The van der Waals surface area contributed by atoms with Gasteiger partial charge in [-0.2, -0.15) is 4.98 Å². The smallest absolute Gasteiger partial charge is 0.280 e. The molecule has 0 saturated heterocycles. The third-order valence-corrected chi connectivity index (χ3v) is 2.79. The first-order valence-corrected chi connectivity index (χ1v) is 5.97. The average Bonchev–Trinajstić information content (AvgIpc) is 2.98. The quantitative estimate of drug-likeness (QED) is 0.742. The van der Waals surface area contributed by atoms with E-state index in [0.717, 1.165) is 0 Å². The zero-order valence-electron chi connectivity index (χ0n) is 11.0. The van der Waals surface area contributed by atoms with Gasteiger partial charge in [0.05, 0.1) is 7.11 Å². The van der Waals surface area contributed by atoms with Crippen LogP contribution in [-0.2, 0) is 0 Å². The van der Waals surface area contributed by atoms with E-state index in [2.05, 4.69) is 20.1 Å². The molecule has 0 aliphatic heterocycles. The van der Waals surface area contributed by atoms with E-state index < -0.39 is 0 Å². The van der Waals surface area contributed by atoms with Crippen molar-refractivity contribution >= 4 is 5.82 Å². The summed E-state index contributed by atoms with van der Waals surface area (Å²) < 4.78 is 10.2. The molecule has 0 bridgehead atoms. The first-order chi connectivity index (χ1) is 10.2. The largest absolute Gasteiger partial charge is 0.504 e. The zero-order valence-corrected chi connectivity index (χ0v) is 11.0. The molecule has 21 heavy (non-hydrogen) atoms. The summed E-state index contributed by atoms with van der Waals surface area (Å²) in [4.78, 5) is 12.2. The molecule has 8 nitrogen and oxygen atoms in total. The summed E-state index contributed by atoms with van der Waals surface area (Å²) in [5, 5.41) is 13.4. The van der Waals surface area contributed by atoms with Crippen molar-refractivity contribution in [2.75, 3.05) is 12.8 Å². The van der Waals surface area contributed by atoms with Crippen molar-refractivity contribution in [3.63, 3.8) is 0 Å². The van der Waals surface area contributed by atoms with Crippen LogP contribution >= 0.6 is 0 Å². The van der Waals surface area contributed by atoms with Crippen molar-refractivity contribution in [3.8, 4) is 34.5 Å². The number of nitrogens with two attached hydrogens (primary N) is 1. The number of hydrogen-bond donors (Lipinski definition) is 2. The van der Waals surface area contributed by atoms with Crippen LogP contribution in [0.3, 0.4) is 0 Å². The molecule has 0 spiro atoms. The van der Waals surface area contributed by atoms with Gasteiger partial charge in [-0.15, -0.1) is 0 Å². The van der Waals surface area contributed by atoms with Crippen molar-refractivity contribution in [2.24, 2.45) is 0 Å². The van der Waals surface area contributed by atoms with Crippen molar-refractivity contribution in [1.82, 2.24) is 20.1 Å². The first-order valence-electron chi connectivity index (χ1n) is 5.97. The first kappa shape index (κ1) is 12.9. The van der Waals surface area contributed by atoms with Crippen LogP contribution in [0.4, 0.5) is 5.82 Å². The Kier molecular flexibility index (Phi) is 3.11. The number of aromatic hydroxyl groups is 1. The number of anilines is 1. The molecule has 0 saturated carbocycles. The Labute approximate surface area is 119 Å². The molecule has 2 heterocycles. The number of nitrogen functional groups attached to an aromatic ring is 1. The van der Waals surface area contributed by atoms with Crippen LogP contribution in [-0.4, -0.2) is 32.3 Å². The normalized spacial score (nSPS) is 10.5. The number of methoxy groups -OCH3 is 1. The summed E-state index contributed by atoms with van der Waals surface area (Å²) in [5.41, 5.74) is 6.66. The molecule has 3 aromatic rings. The van der Waals surface area contributed by atoms with E-state index in [1.165, 1.54) is 25.6 Å². The van der Waals surface area contributed by atoms with Gasteiger partial charge in [0.1, 0.15) is 0 Å². The predicted octanol–water partition coefficient (Wildman–Crippen LogP) is 1.49. The van der Waals surface area contributed by atoms with Crippen LogP contribution in [0.25, 0.3) is 23.0 Å². The Hall–Kier alpha value is -3.16. The standard InChI is InChI=1S/C13H11N5O3/c1-20-9-6-7(2-3-8(9)19)12-17-13(21-18-12)10-11(14)16-5-4-15-10/h2-6,19H,1H3,(H2,14,16). The van der Waals surface area contributed by atoms with Crippen LogP contribution < -0.4 is 10.5 Å². The van der Waals surface area contributed by atoms with E-state index >= 15 is 0 Å². The van der Waals surface area contributed by atoms with Gasteiger partial charge in [-0.05, 0) is 18.2 Å². The lowest BCUT2D eigenvalue weighted by molar-refractivity contribution is 0.373. The highest BCUT2D eigenvalue weighted by molar-refractivity contribution is 5.65. The van der Waals surface area contributed by atoms with Gasteiger partial charge in [-0.1, -0.05) is 5.16 Å². The van der Waals surface area contributed by atoms with Crippen LogP contribution in [0.5, 0.6) is 11.5 Å². The fourth-order valence-corrected chi connectivity index (χ4v) is 1.77. The third-order valence-electron chi connectivity index (χ3n) is 2.79. The number of rotatable bonds is 3. The second-order valence-electron chi connectivity index (χ2n) is 4.10. The molecule has 1 aromatic carbocycles. The molecule has 0 aliphatic rings. The molecule has 0 fully saturated rings. The van der Waals surface area contributed by atoms with Crippen molar-refractivity contribution in [3.05, 3.63) is 30.6 Å². The Morgan fingerprint density at radius 1 is 1.24 bits per heavy atom. The topological polar surface area (TPSA) is 120 Å². The number of benzene rings is 1. The maximum absolute atomic E-state index is 9.58. The maximum Gasteiger partial charge on any atom is 0.280 e. The third kappa shape index (κ3) is 2.34. The second kappa shape index (κ2) is 5.08. The van der Waals surface area contributed by atoms with Gasteiger partial charge in [0.15, 0.2) is 23.0 Å². The fraction of sp³-hybridized carbons (Fsp3) is 0.0769. The van der Waals surface area contributed by atoms with Crippen molar-refractivity contribution in [1.29, 1.82) is 0 Å². The molecule has 106 valence electrons. The molecule has 8 heteroatoms. The van der Waals surface area contributed by atoms with Gasteiger partial charge < -0.3 is 20.1 Å². The van der Waals surface area contributed by atoms with Crippen LogP contribution in [0.15, 0.2) is 35.1 Å². The lowest BCUT2D eigenvalue weighted by Gasteiger charge is -2.03. The minimum absolute atomic E-state index is 0.0307. The van der Waals surface area contributed by atoms with Gasteiger partial charge in [-0.3, -0.25) is 0 Å². The second-order valence-corrected chi connectivity index (χ2v) is 4.10. The molecule has 0 atom stereocenters. The maximum atomic E-state index is 9.58. The fourth-order valence-electron chi connectivity index (χ4n) is 1.77. The summed E-state index contributed by atoms with van der Waals surface area (Å²) in [6.45, 7) is 0. The summed E-state index contributed by atoms with van der Waals surface area (Å²) in [6, 6.07) is 4.73. The highest BCUT2D eigenvalue weighted by Gasteiger charge is 2.15. The van der Waals surface area contributed by atoms with Gasteiger partial charge >= 0.3 is 0 Å². The van der Waals surface area contributed by atoms with Crippen LogP contribution in [0, 0.1) is 0 Å². The summed E-state index contributed by atoms with van der Waals surface area (Å²) in [5.74, 6) is 1.05. The number of aromatic nitrogens is 4. The Morgan fingerprint density at radius 3 is 2.81 bits per heavy atom. The number of ether oxygens (including phenoxy) is 1. The molecule has 0 aliphatic carbocycles. The zero-order chi connectivity index (χ0) is 14.8. The van der Waals surface area contributed by atoms with Gasteiger partial charge in [-0.25, -0.2) is 9.97 Å². The number of phenols is 1. The predicted molar refractivity (Wildman–Crippen MR) is 73.4 cm³/mol. The van der Waals surface area contributed by atoms with Gasteiger partial charge in [0.2, 0.25) is 5.82 Å². The molecule has 0 amide bonds. The van der Waals surface area contributed by atoms with Crippen LogP contribution in [0.2, 0.25) is 0 Å². The molecule has 0 unspecified atom stereocenters. The Bertz CT molecular complexity index is 787. The average molecular weight is 285 g/mol. The SMILES string of the molecule is COc1cc(-c2noc(-c3nccnc3N)n2)ccc1O. The van der Waals surface area contributed by atoms with E-state index in [4.69, 9.17) is 15.0 Å². The summed E-state index contributed by atoms with van der Waals surface area (Å²) >= 11 is 0. The monoisotopic (exact) mass is 285 g/mol. The van der Waals surface area contributed by atoms with E-state index in [1.54, 1.807) is 12.1 Å². The highest BCUT2D eigenvalue weighted by Crippen LogP contribution is 2.31. The summed E-state index contributed by atoms with van der Waals surface area (Å²) in [6.07, 6.45) is 2.96.